The first kappa shape index (κ1) is 13.7. The molecule has 0 aliphatic carbocycles. The third-order valence-corrected chi connectivity index (χ3v) is 2.72. The Balaban J connectivity index is 2.40. The largest absolute Gasteiger partial charge is 0.302 e. The first-order chi connectivity index (χ1) is 8.22. The van der Waals surface area contributed by atoms with Gasteiger partial charge in [-0.25, -0.2) is 0 Å². The van der Waals surface area contributed by atoms with Gasteiger partial charge >= 0.3 is 0 Å². The maximum atomic E-state index is 8.66. The van der Waals surface area contributed by atoms with Gasteiger partial charge in [0.15, 0.2) is 0 Å². The zero-order chi connectivity index (χ0) is 12.5. The van der Waals surface area contributed by atoms with Crippen LogP contribution in [0.4, 0.5) is 0 Å². The van der Waals surface area contributed by atoms with Crippen LogP contribution in [0.25, 0.3) is 0 Å². The van der Waals surface area contributed by atoms with Crippen LogP contribution < -0.4 is 0 Å². The topological polar surface area (TPSA) is 27.0 Å². The van der Waals surface area contributed by atoms with E-state index in [2.05, 4.69) is 49.1 Å². The second kappa shape index (κ2) is 7.86. The van der Waals surface area contributed by atoms with E-state index in [1.807, 2.05) is 6.07 Å². The van der Waals surface area contributed by atoms with Crippen molar-refractivity contribution in [1.29, 1.82) is 5.26 Å². The predicted octanol–water partition coefficient (Wildman–Crippen LogP) is 3.10. The van der Waals surface area contributed by atoms with Gasteiger partial charge in [-0.05, 0) is 17.9 Å². The normalized spacial score (nSPS) is 10.8. The van der Waals surface area contributed by atoms with E-state index >= 15 is 0 Å². The van der Waals surface area contributed by atoms with E-state index in [0.717, 1.165) is 26.1 Å². The van der Waals surface area contributed by atoms with Gasteiger partial charge in [0.05, 0.1) is 6.07 Å². The molecule has 0 aromatic heterocycles. The summed E-state index contributed by atoms with van der Waals surface area (Å²) in [6, 6.07) is 12.8. The molecule has 0 aliphatic heterocycles. The van der Waals surface area contributed by atoms with Gasteiger partial charge in [0.25, 0.3) is 0 Å². The van der Waals surface area contributed by atoms with E-state index in [9.17, 15) is 0 Å². The van der Waals surface area contributed by atoms with Crippen molar-refractivity contribution in [3.8, 4) is 6.07 Å². The molecule has 0 unspecified atom stereocenters. The number of rotatable bonds is 7. The fourth-order valence-corrected chi connectivity index (χ4v) is 1.95. The van der Waals surface area contributed by atoms with Gasteiger partial charge in [0.1, 0.15) is 0 Å². The second-order valence-corrected chi connectivity index (χ2v) is 4.84. The molecule has 1 rings (SSSR count). The molecule has 17 heavy (non-hydrogen) atoms. The lowest BCUT2D eigenvalue weighted by molar-refractivity contribution is 0.252. The highest BCUT2D eigenvalue weighted by Gasteiger charge is 2.06. The van der Waals surface area contributed by atoms with Crippen LogP contribution in [0.2, 0.25) is 0 Å². The number of nitrogens with zero attached hydrogens (tertiary/aromatic N) is 2. The highest BCUT2D eigenvalue weighted by atomic mass is 15.1. The fourth-order valence-electron chi connectivity index (χ4n) is 1.95. The van der Waals surface area contributed by atoms with E-state index in [1.54, 1.807) is 0 Å². The summed E-state index contributed by atoms with van der Waals surface area (Å²) < 4.78 is 0. The summed E-state index contributed by atoms with van der Waals surface area (Å²) in [6.07, 6.45) is 1.69. The van der Waals surface area contributed by atoms with E-state index in [4.69, 9.17) is 5.26 Å². The van der Waals surface area contributed by atoms with Crippen LogP contribution in [0.5, 0.6) is 0 Å². The van der Waals surface area contributed by atoms with Gasteiger partial charge in [-0.3, -0.25) is 0 Å². The van der Waals surface area contributed by atoms with Gasteiger partial charge in [0.2, 0.25) is 0 Å². The standard InChI is InChI=1S/C15H22N2/c1-14(2)13-17(11-6-10-16)12-9-15-7-4-3-5-8-15/h3-5,7-8,14H,6,9,11-13H2,1-2H3. The number of nitriles is 1. The monoisotopic (exact) mass is 230 g/mol. The van der Waals surface area contributed by atoms with E-state index in [0.29, 0.717) is 12.3 Å². The molecule has 0 radical (unpaired) electrons. The Kier molecular flexibility index (Phi) is 6.35. The Morgan fingerprint density at radius 2 is 1.88 bits per heavy atom. The lowest BCUT2D eigenvalue weighted by Gasteiger charge is -2.23. The Labute approximate surface area is 105 Å². The highest BCUT2D eigenvalue weighted by Crippen LogP contribution is 2.04. The minimum Gasteiger partial charge on any atom is -0.302 e. The summed E-state index contributed by atoms with van der Waals surface area (Å²) in [5, 5.41) is 8.66. The molecule has 0 amide bonds. The number of benzene rings is 1. The first-order valence-electron chi connectivity index (χ1n) is 6.35. The lowest BCUT2D eigenvalue weighted by Crippen LogP contribution is -2.30. The average Bonchev–Trinajstić information content (AvgIpc) is 2.33. The van der Waals surface area contributed by atoms with Crippen molar-refractivity contribution < 1.29 is 0 Å². The first-order valence-corrected chi connectivity index (χ1v) is 6.35. The Hall–Kier alpha value is -1.33. The van der Waals surface area contributed by atoms with Crippen molar-refractivity contribution in [3.63, 3.8) is 0 Å². The minimum atomic E-state index is 0.626. The van der Waals surface area contributed by atoms with E-state index in [1.165, 1.54) is 5.56 Å². The fraction of sp³-hybridized carbons (Fsp3) is 0.533. The molecule has 1 aromatic rings. The molecule has 92 valence electrons. The molecule has 0 heterocycles. The van der Waals surface area contributed by atoms with E-state index in [-0.39, 0.29) is 0 Å². The number of hydrogen-bond acceptors (Lipinski definition) is 2. The van der Waals surface area contributed by atoms with Crippen molar-refractivity contribution in [3.05, 3.63) is 35.9 Å². The van der Waals surface area contributed by atoms with Gasteiger partial charge in [-0.2, -0.15) is 5.26 Å². The summed E-state index contributed by atoms with van der Waals surface area (Å²) in [6.45, 7) is 7.46. The molecule has 2 heteroatoms. The van der Waals surface area contributed by atoms with Crippen LogP contribution in [-0.2, 0) is 6.42 Å². The molecule has 0 saturated carbocycles. The zero-order valence-corrected chi connectivity index (χ0v) is 10.9. The molecule has 1 aromatic carbocycles. The molecule has 0 bridgehead atoms. The summed E-state index contributed by atoms with van der Waals surface area (Å²) >= 11 is 0. The Bertz CT molecular complexity index is 338. The summed E-state index contributed by atoms with van der Waals surface area (Å²) in [4.78, 5) is 2.39. The molecular weight excluding hydrogens is 208 g/mol. The van der Waals surface area contributed by atoms with Crippen LogP contribution in [0.1, 0.15) is 25.8 Å². The molecule has 0 saturated heterocycles. The second-order valence-electron chi connectivity index (χ2n) is 4.84. The minimum absolute atomic E-state index is 0.626. The van der Waals surface area contributed by atoms with Gasteiger partial charge < -0.3 is 4.90 Å². The van der Waals surface area contributed by atoms with Crippen LogP contribution in [0, 0.1) is 17.2 Å². The predicted molar refractivity (Wildman–Crippen MR) is 71.7 cm³/mol. The number of hydrogen-bond donors (Lipinski definition) is 0. The van der Waals surface area contributed by atoms with E-state index < -0.39 is 0 Å². The third kappa shape index (κ3) is 6.09. The maximum Gasteiger partial charge on any atom is 0.0635 e. The molecule has 2 nitrogen and oxygen atoms in total. The van der Waals surface area contributed by atoms with Crippen LogP contribution in [0.3, 0.4) is 0 Å². The quantitative estimate of drug-likeness (QED) is 0.719. The molecule has 0 fully saturated rings. The molecule has 0 atom stereocenters. The third-order valence-electron chi connectivity index (χ3n) is 2.72. The molecule has 0 spiro atoms. The maximum absolute atomic E-state index is 8.66. The Morgan fingerprint density at radius 3 is 2.47 bits per heavy atom. The Morgan fingerprint density at radius 1 is 1.18 bits per heavy atom. The van der Waals surface area contributed by atoms with Gasteiger partial charge in [-0.1, -0.05) is 44.2 Å². The zero-order valence-electron chi connectivity index (χ0n) is 10.9. The summed E-state index contributed by atoms with van der Waals surface area (Å²) in [5.74, 6) is 0.657. The van der Waals surface area contributed by atoms with Crippen molar-refractivity contribution in [1.82, 2.24) is 4.90 Å². The van der Waals surface area contributed by atoms with Gasteiger partial charge in [-0.15, -0.1) is 0 Å². The summed E-state index contributed by atoms with van der Waals surface area (Å²) in [5.41, 5.74) is 1.37. The molecular formula is C15H22N2. The van der Waals surface area contributed by atoms with Crippen molar-refractivity contribution in [2.24, 2.45) is 5.92 Å². The van der Waals surface area contributed by atoms with Crippen LogP contribution in [-0.4, -0.2) is 24.5 Å². The van der Waals surface area contributed by atoms with Crippen LogP contribution in [0.15, 0.2) is 30.3 Å². The van der Waals surface area contributed by atoms with Crippen molar-refractivity contribution in [2.45, 2.75) is 26.7 Å². The molecule has 0 aliphatic rings. The lowest BCUT2D eigenvalue weighted by atomic mass is 10.1. The van der Waals surface area contributed by atoms with Crippen LogP contribution >= 0.6 is 0 Å². The van der Waals surface area contributed by atoms with Crippen molar-refractivity contribution >= 4 is 0 Å². The summed E-state index contributed by atoms with van der Waals surface area (Å²) in [7, 11) is 0. The van der Waals surface area contributed by atoms with Crippen molar-refractivity contribution in [2.75, 3.05) is 19.6 Å². The highest BCUT2D eigenvalue weighted by molar-refractivity contribution is 5.14. The molecule has 0 N–H and O–H groups in total. The average molecular weight is 230 g/mol. The SMILES string of the molecule is CC(C)CN(CCC#N)CCc1ccccc1. The smallest absolute Gasteiger partial charge is 0.0635 e. The van der Waals surface area contributed by atoms with Gasteiger partial charge in [0, 0.05) is 26.1 Å².